The molecule has 3 nitrogen and oxygen atoms in total. The van der Waals surface area contributed by atoms with Crippen molar-refractivity contribution in [3.05, 3.63) is 24.2 Å². The Kier molecular flexibility index (Phi) is 1.71. The van der Waals surface area contributed by atoms with E-state index in [0.717, 1.165) is 4.90 Å². The van der Waals surface area contributed by atoms with E-state index in [-0.39, 0.29) is 6.54 Å². The first kappa shape index (κ1) is 6.80. The third-order valence-corrected chi connectivity index (χ3v) is 1.11. The minimum atomic E-state index is -1.14. The summed E-state index contributed by atoms with van der Waals surface area (Å²) < 4.78 is 12.3. The first-order chi connectivity index (χ1) is 4.70. The second-order valence-electron chi connectivity index (χ2n) is 1.87. The molecule has 0 fully saturated rings. The predicted molar refractivity (Wildman–Crippen MR) is 33.1 cm³/mol. The zero-order valence-electron chi connectivity index (χ0n) is 5.12. The van der Waals surface area contributed by atoms with Crippen LogP contribution in [0, 0.1) is 0 Å². The Labute approximate surface area is 57.1 Å². The van der Waals surface area contributed by atoms with E-state index in [1.54, 1.807) is 0 Å². The molecule has 1 aliphatic heterocycles. The zero-order chi connectivity index (χ0) is 7.56. The van der Waals surface area contributed by atoms with Gasteiger partial charge in [0.15, 0.2) is 0 Å². The zero-order valence-corrected chi connectivity index (χ0v) is 5.12. The number of allylic oxidation sites excluding steroid dienone is 2. The fourth-order valence-electron chi connectivity index (χ4n) is 0.651. The summed E-state index contributed by atoms with van der Waals surface area (Å²) in [7, 11) is 0. The van der Waals surface area contributed by atoms with Gasteiger partial charge in [-0.3, -0.25) is 4.90 Å². The Balaban J connectivity index is 2.64. The molecule has 0 bridgehead atoms. The number of rotatable bonds is 0. The van der Waals surface area contributed by atoms with Gasteiger partial charge in [0.1, 0.15) is 5.83 Å². The summed E-state index contributed by atoms with van der Waals surface area (Å²) in [6.07, 6.45) is 2.76. The number of hydrogen-bond donors (Lipinski definition) is 1. The smallest absolute Gasteiger partial charge is 0.411 e. The van der Waals surface area contributed by atoms with E-state index in [2.05, 4.69) is 0 Å². The van der Waals surface area contributed by atoms with Gasteiger partial charge in [-0.15, -0.1) is 0 Å². The van der Waals surface area contributed by atoms with E-state index in [4.69, 9.17) is 5.11 Å². The predicted octanol–water partition coefficient (Wildman–Crippen LogP) is 1.35. The lowest BCUT2D eigenvalue weighted by atomic mass is 10.3. The van der Waals surface area contributed by atoms with Crippen molar-refractivity contribution in [1.82, 2.24) is 4.90 Å². The molecule has 0 spiro atoms. The highest BCUT2D eigenvalue weighted by atomic mass is 19.1. The topological polar surface area (TPSA) is 40.5 Å². The monoisotopic (exact) mass is 143 g/mol. The van der Waals surface area contributed by atoms with Gasteiger partial charge in [0.25, 0.3) is 0 Å². The van der Waals surface area contributed by atoms with Crippen molar-refractivity contribution >= 4 is 6.09 Å². The van der Waals surface area contributed by atoms with Crippen LogP contribution < -0.4 is 0 Å². The van der Waals surface area contributed by atoms with Crippen molar-refractivity contribution in [2.75, 3.05) is 6.54 Å². The average molecular weight is 143 g/mol. The second kappa shape index (κ2) is 2.51. The maximum absolute atomic E-state index is 12.3. The van der Waals surface area contributed by atoms with Crippen LogP contribution in [0.2, 0.25) is 0 Å². The molecular weight excluding hydrogens is 137 g/mol. The van der Waals surface area contributed by atoms with E-state index < -0.39 is 11.9 Å². The number of nitrogens with zero attached hydrogens (tertiary/aromatic N) is 1. The highest BCUT2D eigenvalue weighted by molar-refractivity contribution is 5.67. The van der Waals surface area contributed by atoms with Gasteiger partial charge in [-0.05, 0) is 12.2 Å². The Morgan fingerprint density at radius 3 is 2.90 bits per heavy atom. The van der Waals surface area contributed by atoms with Gasteiger partial charge >= 0.3 is 6.09 Å². The molecule has 0 unspecified atom stereocenters. The first-order valence-electron chi connectivity index (χ1n) is 2.72. The summed E-state index contributed by atoms with van der Waals surface area (Å²) in [4.78, 5) is 11.1. The van der Waals surface area contributed by atoms with E-state index in [1.807, 2.05) is 0 Å². The van der Waals surface area contributed by atoms with Crippen LogP contribution in [0.25, 0.3) is 0 Å². The second-order valence-corrected chi connectivity index (χ2v) is 1.87. The molecule has 1 rings (SSSR count). The molecule has 0 atom stereocenters. The molecule has 0 aromatic carbocycles. The quantitative estimate of drug-likeness (QED) is 0.556. The van der Waals surface area contributed by atoms with Crippen LogP contribution in [-0.4, -0.2) is 22.6 Å². The molecule has 0 saturated heterocycles. The first-order valence-corrected chi connectivity index (χ1v) is 2.72. The molecule has 1 heterocycles. The minimum absolute atomic E-state index is 0.175. The molecule has 0 aromatic rings. The summed E-state index contributed by atoms with van der Waals surface area (Å²) in [6.45, 7) is -0.175. The fourth-order valence-corrected chi connectivity index (χ4v) is 0.651. The van der Waals surface area contributed by atoms with Gasteiger partial charge in [-0.25, -0.2) is 9.18 Å². The van der Waals surface area contributed by atoms with Crippen molar-refractivity contribution in [1.29, 1.82) is 0 Å². The summed E-state index contributed by atoms with van der Waals surface area (Å²) in [6, 6.07) is 0. The normalized spacial score (nSPS) is 16.9. The maximum atomic E-state index is 12.3. The molecule has 1 N–H and O–H groups in total. The van der Waals surface area contributed by atoms with Gasteiger partial charge in [0.05, 0.1) is 6.54 Å². The van der Waals surface area contributed by atoms with E-state index in [9.17, 15) is 9.18 Å². The molecule has 0 aliphatic carbocycles. The highest BCUT2D eigenvalue weighted by Crippen LogP contribution is 2.07. The summed E-state index contributed by atoms with van der Waals surface area (Å²) in [5, 5.41) is 8.34. The number of hydrogen-bond acceptors (Lipinski definition) is 1. The van der Waals surface area contributed by atoms with Crippen molar-refractivity contribution in [2.45, 2.75) is 0 Å². The van der Waals surface area contributed by atoms with Gasteiger partial charge in [-0.1, -0.05) is 0 Å². The Bertz CT molecular complexity index is 210. The molecule has 10 heavy (non-hydrogen) atoms. The van der Waals surface area contributed by atoms with Crippen molar-refractivity contribution in [2.24, 2.45) is 0 Å². The van der Waals surface area contributed by atoms with Gasteiger partial charge in [-0.2, -0.15) is 0 Å². The molecule has 1 amide bonds. The largest absolute Gasteiger partial charge is 0.465 e. The van der Waals surface area contributed by atoms with E-state index in [0.29, 0.717) is 0 Å². The Morgan fingerprint density at radius 1 is 1.80 bits per heavy atom. The van der Waals surface area contributed by atoms with Gasteiger partial charge in [0, 0.05) is 6.20 Å². The molecule has 0 aromatic heterocycles. The molecule has 0 saturated carbocycles. The summed E-state index contributed by atoms with van der Waals surface area (Å²) in [5.41, 5.74) is 0. The third-order valence-electron chi connectivity index (χ3n) is 1.11. The minimum Gasteiger partial charge on any atom is -0.465 e. The maximum Gasteiger partial charge on any atom is 0.411 e. The lowest BCUT2D eigenvalue weighted by Crippen LogP contribution is -2.26. The number of halogens is 1. The highest BCUT2D eigenvalue weighted by Gasteiger charge is 2.12. The molecule has 0 radical (unpaired) electrons. The SMILES string of the molecule is O=C(O)N1C=CC=C(F)C1. The molecule has 4 heteroatoms. The number of carbonyl (C=O) groups is 1. The van der Waals surface area contributed by atoms with Crippen LogP contribution in [0.5, 0.6) is 0 Å². The van der Waals surface area contributed by atoms with Crippen LogP contribution in [0.3, 0.4) is 0 Å². The summed E-state index contributed by atoms with van der Waals surface area (Å²) >= 11 is 0. The third kappa shape index (κ3) is 1.34. The van der Waals surface area contributed by atoms with Gasteiger partial charge in [0.2, 0.25) is 0 Å². The van der Waals surface area contributed by atoms with Gasteiger partial charge < -0.3 is 5.11 Å². The van der Waals surface area contributed by atoms with Crippen LogP contribution in [-0.2, 0) is 0 Å². The van der Waals surface area contributed by atoms with Crippen molar-refractivity contribution in [3.8, 4) is 0 Å². The van der Waals surface area contributed by atoms with Crippen LogP contribution in [0.4, 0.5) is 9.18 Å². The Morgan fingerprint density at radius 2 is 2.50 bits per heavy atom. The molecule has 54 valence electrons. The van der Waals surface area contributed by atoms with E-state index in [1.165, 1.54) is 18.4 Å². The van der Waals surface area contributed by atoms with Crippen LogP contribution in [0.15, 0.2) is 24.2 Å². The summed E-state index contributed by atoms with van der Waals surface area (Å²) in [5.74, 6) is -0.440. The number of amides is 1. The fraction of sp³-hybridized carbons (Fsp3) is 0.167. The van der Waals surface area contributed by atoms with Crippen LogP contribution in [0.1, 0.15) is 0 Å². The van der Waals surface area contributed by atoms with E-state index >= 15 is 0 Å². The molecule has 1 aliphatic rings. The van der Waals surface area contributed by atoms with Crippen LogP contribution >= 0.6 is 0 Å². The van der Waals surface area contributed by atoms with Crippen molar-refractivity contribution in [3.63, 3.8) is 0 Å². The lowest BCUT2D eigenvalue weighted by Gasteiger charge is -2.14. The molecular formula is C6H6FNO2. The standard InChI is InChI=1S/C6H6FNO2/c7-5-2-1-3-8(4-5)6(9)10/h1-3H,4H2,(H,9,10). The lowest BCUT2D eigenvalue weighted by molar-refractivity contribution is 0.163. The number of carboxylic acid groups (broad SMARTS) is 1. The van der Waals surface area contributed by atoms with Crippen molar-refractivity contribution < 1.29 is 14.3 Å². The Hall–Kier alpha value is -1.32. The average Bonchev–Trinajstić information content (AvgIpc) is 1.88.